The van der Waals surface area contributed by atoms with Gasteiger partial charge in [0.05, 0.1) is 10.7 Å². The molecule has 0 aliphatic carbocycles. The minimum atomic E-state index is -0.962. The highest BCUT2D eigenvalue weighted by Gasteiger charge is 2.07. The maximum absolute atomic E-state index is 10.4. The number of carboxylic acids is 1. The van der Waals surface area contributed by atoms with Crippen LogP contribution < -0.4 is 4.90 Å². The molecule has 0 aromatic heterocycles. The minimum Gasteiger partial charge on any atom is -0.478 e. The van der Waals surface area contributed by atoms with Gasteiger partial charge in [-0.2, -0.15) is 0 Å². The first-order valence-corrected chi connectivity index (χ1v) is 6.41. The summed E-state index contributed by atoms with van der Waals surface area (Å²) in [6.07, 6.45) is 3.70. The van der Waals surface area contributed by atoms with Gasteiger partial charge in [0.2, 0.25) is 0 Å². The first-order chi connectivity index (χ1) is 8.58. The van der Waals surface area contributed by atoms with Crippen LogP contribution in [0.2, 0.25) is 5.02 Å². The topological polar surface area (TPSA) is 40.5 Å². The first kappa shape index (κ1) is 14.6. The van der Waals surface area contributed by atoms with E-state index in [-0.39, 0.29) is 0 Å². The van der Waals surface area contributed by atoms with Crippen molar-refractivity contribution in [2.24, 2.45) is 0 Å². The summed E-state index contributed by atoms with van der Waals surface area (Å²) in [5.74, 6) is -0.962. The third kappa shape index (κ3) is 4.08. The molecule has 1 rings (SSSR count). The normalized spacial score (nSPS) is 10.8. The number of benzene rings is 1. The largest absolute Gasteiger partial charge is 0.478 e. The lowest BCUT2D eigenvalue weighted by Gasteiger charge is -2.23. The molecule has 0 fully saturated rings. The van der Waals surface area contributed by atoms with Gasteiger partial charge in [0.1, 0.15) is 0 Å². The quantitative estimate of drug-likeness (QED) is 0.800. The van der Waals surface area contributed by atoms with E-state index in [2.05, 4.69) is 18.7 Å². The Balaban J connectivity index is 2.94. The zero-order valence-corrected chi connectivity index (χ0v) is 11.4. The number of halogens is 1. The molecule has 0 heterocycles. The molecule has 0 saturated carbocycles. The molecule has 1 aromatic rings. The Hall–Kier alpha value is -1.48. The standard InChI is InChI=1S/C14H18ClNO2/c1-3-9-16(4-2)13-7-5-11(10-12(13)15)6-8-14(17)18/h5-8,10H,3-4,9H2,1-2H3,(H,17,18)/b8-6+. The summed E-state index contributed by atoms with van der Waals surface area (Å²) in [7, 11) is 0. The highest BCUT2D eigenvalue weighted by atomic mass is 35.5. The summed E-state index contributed by atoms with van der Waals surface area (Å²) in [5, 5.41) is 9.22. The van der Waals surface area contributed by atoms with Crippen LogP contribution in [0.25, 0.3) is 6.08 Å². The number of rotatable bonds is 6. The van der Waals surface area contributed by atoms with Crippen LogP contribution >= 0.6 is 11.6 Å². The Morgan fingerprint density at radius 1 is 1.44 bits per heavy atom. The number of anilines is 1. The van der Waals surface area contributed by atoms with Crippen molar-refractivity contribution in [1.82, 2.24) is 0 Å². The van der Waals surface area contributed by atoms with Crippen molar-refractivity contribution < 1.29 is 9.90 Å². The average Bonchev–Trinajstić information content (AvgIpc) is 2.34. The number of nitrogens with zero attached hydrogens (tertiary/aromatic N) is 1. The maximum Gasteiger partial charge on any atom is 0.328 e. The van der Waals surface area contributed by atoms with Gasteiger partial charge in [-0.05, 0) is 37.1 Å². The van der Waals surface area contributed by atoms with Crippen molar-refractivity contribution in [3.8, 4) is 0 Å². The van der Waals surface area contributed by atoms with Crippen molar-refractivity contribution in [2.75, 3.05) is 18.0 Å². The molecule has 98 valence electrons. The van der Waals surface area contributed by atoms with E-state index in [9.17, 15) is 4.79 Å². The van der Waals surface area contributed by atoms with E-state index >= 15 is 0 Å². The fourth-order valence-corrected chi connectivity index (χ4v) is 2.08. The van der Waals surface area contributed by atoms with E-state index < -0.39 is 5.97 Å². The molecule has 0 aliphatic rings. The first-order valence-electron chi connectivity index (χ1n) is 6.04. The molecule has 0 bridgehead atoms. The molecule has 0 aliphatic heterocycles. The number of carboxylic acid groups (broad SMARTS) is 1. The van der Waals surface area contributed by atoms with Gasteiger partial charge in [-0.25, -0.2) is 4.79 Å². The maximum atomic E-state index is 10.4. The molecule has 18 heavy (non-hydrogen) atoms. The monoisotopic (exact) mass is 267 g/mol. The zero-order chi connectivity index (χ0) is 13.5. The van der Waals surface area contributed by atoms with E-state index in [0.29, 0.717) is 5.02 Å². The molecule has 4 heteroatoms. The van der Waals surface area contributed by atoms with E-state index in [1.807, 2.05) is 12.1 Å². The molecule has 0 amide bonds. The van der Waals surface area contributed by atoms with Gasteiger partial charge >= 0.3 is 5.97 Å². The number of hydrogen-bond donors (Lipinski definition) is 1. The van der Waals surface area contributed by atoms with Crippen molar-refractivity contribution in [3.63, 3.8) is 0 Å². The summed E-state index contributed by atoms with van der Waals surface area (Å²) < 4.78 is 0. The second kappa shape index (κ2) is 7.07. The molecule has 1 N–H and O–H groups in total. The zero-order valence-electron chi connectivity index (χ0n) is 10.7. The van der Waals surface area contributed by atoms with Gasteiger partial charge in [0.25, 0.3) is 0 Å². The lowest BCUT2D eigenvalue weighted by Crippen LogP contribution is -2.23. The van der Waals surface area contributed by atoms with Gasteiger partial charge in [-0.3, -0.25) is 0 Å². The molecular weight excluding hydrogens is 250 g/mol. The second-order valence-electron chi connectivity index (χ2n) is 3.96. The Morgan fingerprint density at radius 2 is 2.17 bits per heavy atom. The van der Waals surface area contributed by atoms with E-state index in [1.165, 1.54) is 6.08 Å². The molecule has 3 nitrogen and oxygen atoms in total. The Morgan fingerprint density at radius 3 is 2.67 bits per heavy atom. The minimum absolute atomic E-state index is 0.651. The lowest BCUT2D eigenvalue weighted by molar-refractivity contribution is -0.131. The van der Waals surface area contributed by atoms with E-state index in [4.69, 9.17) is 16.7 Å². The molecule has 0 radical (unpaired) electrons. The third-order valence-electron chi connectivity index (χ3n) is 2.61. The van der Waals surface area contributed by atoms with Crippen LogP contribution in [0.3, 0.4) is 0 Å². The van der Waals surface area contributed by atoms with Crippen molar-refractivity contribution in [3.05, 3.63) is 34.9 Å². The Labute approximate surface area is 113 Å². The predicted octanol–water partition coefficient (Wildman–Crippen LogP) is 3.67. The van der Waals surface area contributed by atoms with E-state index in [1.54, 1.807) is 6.07 Å². The molecular formula is C14H18ClNO2. The summed E-state index contributed by atoms with van der Waals surface area (Å²) in [6.45, 7) is 6.07. The molecule has 0 unspecified atom stereocenters. The average molecular weight is 268 g/mol. The summed E-state index contributed by atoms with van der Waals surface area (Å²) in [4.78, 5) is 12.6. The SMILES string of the molecule is CCCN(CC)c1ccc(/C=C/C(=O)O)cc1Cl. The highest BCUT2D eigenvalue weighted by molar-refractivity contribution is 6.33. The fraction of sp³-hybridized carbons (Fsp3) is 0.357. The Kier molecular flexibility index (Phi) is 5.72. The third-order valence-corrected chi connectivity index (χ3v) is 2.91. The van der Waals surface area contributed by atoms with Crippen LogP contribution in [0.4, 0.5) is 5.69 Å². The smallest absolute Gasteiger partial charge is 0.328 e. The van der Waals surface area contributed by atoms with Crippen LogP contribution in [-0.2, 0) is 4.79 Å². The molecule has 0 spiro atoms. The summed E-state index contributed by atoms with van der Waals surface area (Å²) >= 11 is 6.23. The summed E-state index contributed by atoms with van der Waals surface area (Å²) in [5.41, 5.74) is 1.78. The van der Waals surface area contributed by atoms with Gasteiger partial charge < -0.3 is 10.0 Å². The van der Waals surface area contributed by atoms with Crippen LogP contribution in [0, 0.1) is 0 Å². The summed E-state index contributed by atoms with van der Waals surface area (Å²) in [6, 6.07) is 5.59. The van der Waals surface area contributed by atoms with Gasteiger partial charge in [0, 0.05) is 19.2 Å². The molecule has 0 saturated heterocycles. The predicted molar refractivity (Wildman–Crippen MR) is 76.3 cm³/mol. The van der Waals surface area contributed by atoms with Crippen LogP contribution in [0.5, 0.6) is 0 Å². The number of carbonyl (C=O) groups is 1. The Bertz CT molecular complexity index is 443. The number of hydrogen-bond acceptors (Lipinski definition) is 2. The van der Waals surface area contributed by atoms with E-state index in [0.717, 1.165) is 36.8 Å². The van der Waals surface area contributed by atoms with Gasteiger partial charge in [0.15, 0.2) is 0 Å². The van der Waals surface area contributed by atoms with Crippen LogP contribution in [-0.4, -0.2) is 24.2 Å². The number of aliphatic carboxylic acids is 1. The van der Waals surface area contributed by atoms with Crippen LogP contribution in [0.1, 0.15) is 25.8 Å². The lowest BCUT2D eigenvalue weighted by atomic mass is 10.1. The van der Waals surface area contributed by atoms with Crippen molar-refractivity contribution >= 4 is 29.3 Å². The molecule has 0 atom stereocenters. The fourth-order valence-electron chi connectivity index (χ4n) is 1.77. The van der Waals surface area contributed by atoms with Gasteiger partial charge in [-0.15, -0.1) is 0 Å². The van der Waals surface area contributed by atoms with Crippen LogP contribution in [0.15, 0.2) is 24.3 Å². The van der Waals surface area contributed by atoms with Crippen molar-refractivity contribution in [1.29, 1.82) is 0 Å². The van der Waals surface area contributed by atoms with Gasteiger partial charge in [-0.1, -0.05) is 24.6 Å². The highest BCUT2D eigenvalue weighted by Crippen LogP contribution is 2.27. The second-order valence-corrected chi connectivity index (χ2v) is 4.37. The van der Waals surface area contributed by atoms with Crippen molar-refractivity contribution in [2.45, 2.75) is 20.3 Å². The molecule has 1 aromatic carbocycles.